The van der Waals surface area contributed by atoms with Crippen LogP contribution in [0.5, 0.6) is 5.75 Å². The second-order valence-electron chi connectivity index (χ2n) is 5.25. The van der Waals surface area contributed by atoms with Gasteiger partial charge in [0.15, 0.2) is 5.75 Å². The lowest BCUT2D eigenvalue weighted by molar-refractivity contribution is 0.251. The standard InChI is InChI=1S/C16H14Cl2N2O2/c17-12-6-10(7-13(18)15(12)21)19-16(22)20-14-8-11(14)9-4-2-1-3-5-9/h1-7,11,14,21H,8H2,(H2,19,20,22). The smallest absolute Gasteiger partial charge is 0.319 e. The van der Waals surface area contributed by atoms with E-state index in [2.05, 4.69) is 22.8 Å². The number of phenols is 1. The summed E-state index contributed by atoms with van der Waals surface area (Å²) >= 11 is 11.6. The van der Waals surface area contributed by atoms with Crippen molar-refractivity contribution < 1.29 is 9.90 Å². The Morgan fingerprint density at radius 3 is 2.41 bits per heavy atom. The molecule has 2 aromatic rings. The molecule has 3 rings (SSSR count). The van der Waals surface area contributed by atoms with Crippen LogP contribution in [-0.2, 0) is 0 Å². The Balaban J connectivity index is 1.58. The van der Waals surface area contributed by atoms with Crippen molar-refractivity contribution in [1.82, 2.24) is 5.32 Å². The Bertz CT molecular complexity index is 684. The van der Waals surface area contributed by atoms with Crippen molar-refractivity contribution in [3.63, 3.8) is 0 Å². The van der Waals surface area contributed by atoms with Gasteiger partial charge in [-0.25, -0.2) is 4.79 Å². The molecule has 1 aliphatic rings. The molecule has 4 nitrogen and oxygen atoms in total. The van der Waals surface area contributed by atoms with Crippen LogP contribution in [0.3, 0.4) is 0 Å². The largest absolute Gasteiger partial charge is 0.505 e. The quantitative estimate of drug-likeness (QED) is 0.728. The summed E-state index contributed by atoms with van der Waals surface area (Å²) in [7, 11) is 0. The first-order valence-corrected chi connectivity index (χ1v) is 7.60. The van der Waals surface area contributed by atoms with E-state index < -0.39 is 0 Å². The van der Waals surface area contributed by atoms with Crippen molar-refractivity contribution in [3.8, 4) is 5.75 Å². The van der Waals surface area contributed by atoms with Crippen LogP contribution < -0.4 is 10.6 Å². The van der Waals surface area contributed by atoms with Gasteiger partial charge in [0.2, 0.25) is 0 Å². The van der Waals surface area contributed by atoms with Gasteiger partial charge in [-0.15, -0.1) is 0 Å². The number of nitrogens with one attached hydrogen (secondary N) is 2. The molecule has 0 bridgehead atoms. The summed E-state index contributed by atoms with van der Waals surface area (Å²) in [5.41, 5.74) is 1.66. The molecule has 114 valence electrons. The third-order valence-corrected chi connectivity index (χ3v) is 4.19. The SMILES string of the molecule is O=C(Nc1cc(Cl)c(O)c(Cl)c1)NC1CC1c1ccccc1. The maximum atomic E-state index is 12.0. The van der Waals surface area contributed by atoms with E-state index in [1.165, 1.54) is 17.7 Å². The number of aromatic hydroxyl groups is 1. The van der Waals surface area contributed by atoms with Gasteiger partial charge in [0.25, 0.3) is 0 Å². The molecule has 2 aromatic carbocycles. The number of urea groups is 1. The van der Waals surface area contributed by atoms with Crippen LogP contribution in [0.15, 0.2) is 42.5 Å². The van der Waals surface area contributed by atoms with E-state index >= 15 is 0 Å². The van der Waals surface area contributed by atoms with Crippen LogP contribution in [0.4, 0.5) is 10.5 Å². The number of carbonyl (C=O) groups is 1. The number of hydrogen-bond donors (Lipinski definition) is 3. The van der Waals surface area contributed by atoms with Gasteiger partial charge < -0.3 is 15.7 Å². The van der Waals surface area contributed by atoms with E-state index in [1.807, 2.05) is 18.2 Å². The highest BCUT2D eigenvalue weighted by Gasteiger charge is 2.39. The molecule has 0 aromatic heterocycles. The second kappa shape index (κ2) is 6.07. The molecule has 0 saturated heterocycles. The lowest BCUT2D eigenvalue weighted by atomic mass is 10.1. The summed E-state index contributed by atoms with van der Waals surface area (Å²) in [5.74, 6) is 0.166. The number of halogens is 2. The Kier molecular flexibility index (Phi) is 4.14. The van der Waals surface area contributed by atoms with Crippen LogP contribution >= 0.6 is 23.2 Å². The molecule has 3 N–H and O–H groups in total. The predicted molar refractivity (Wildman–Crippen MR) is 87.9 cm³/mol. The fourth-order valence-corrected chi connectivity index (χ4v) is 2.88. The number of phenolic OH excluding ortho intramolecular Hbond substituents is 1. The van der Waals surface area contributed by atoms with Crippen LogP contribution in [0, 0.1) is 0 Å². The van der Waals surface area contributed by atoms with E-state index in [4.69, 9.17) is 23.2 Å². The van der Waals surface area contributed by atoms with Crippen molar-refractivity contribution in [2.75, 3.05) is 5.32 Å². The minimum atomic E-state index is -0.318. The molecule has 6 heteroatoms. The van der Waals surface area contributed by atoms with Crippen LogP contribution in [0.1, 0.15) is 17.9 Å². The minimum absolute atomic E-state index is 0.0939. The average molecular weight is 337 g/mol. The average Bonchev–Trinajstić information content (AvgIpc) is 3.24. The first kappa shape index (κ1) is 15.0. The fraction of sp³-hybridized carbons (Fsp3) is 0.188. The zero-order chi connectivity index (χ0) is 15.7. The van der Waals surface area contributed by atoms with E-state index in [-0.39, 0.29) is 27.9 Å². The Labute approximate surface area is 138 Å². The van der Waals surface area contributed by atoms with Gasteiger partial charge in [0, 0.05) is 17.6 Å². The molecular formula is C16H14Cl2N2O2. The normalized spacial score (nSPS) is 19.5. The third-order valence-electron chi connectivity index (χ3n) is 3.61. The number of carbonyl (C=O) groups excluding carboxylic acids is 1. The predicted octanol–water partition coefficient (Wildman–Crippen LogP) is 4.38. The van der Waals surface area contributed by atoms with E-state index in [1.54, 1.807) is 0 Å². The summed E-state index contributed by atoms with van der Waals surface area (Å²) in [5, 5.41) is 15.2. The highest BCUT2D eigenvalue weighted by atomic mass is 35.5. The molecule has 2 atom stereocenters. The zero-order valence-corrected chi connectivity index (χ0v) is 13.0. The number of hydrogen-bond acceptors (Lipinski definition) is 2. The monoisotopic (exact) mass is 336 g/mol. The first-order chi connectivity index (χ1) is 10.5. The van der Waals surface area contributed by atoms with Crippen LogP contribution in [-0.4, -0.2) is 17.2 Å². The molecule has 2 amide bonds. The second-order valence-corrected chi connectivity index (χ2v) is 6.06. The topological polar surface area (TPSA) is 61.4 Å². The van der Waals surface area contributed by atoms with Gasteiger partial charge in [0.05, 0.1) is 10.0 Å². The zero-order valence-electron chi connectivity index (χ0n) is 11.5. The molecule has 1 aliphatic carbocycles. The van der Waals surface area contributed by atoms with Crippen molar-refractivity contribution in [3.05, 3.63) is 58.1 Å². The fourth-order valence-electron chi connectivity index (χ4n) is 2.40. The van der Waals surface area contributed by atoms with Gasteiger partial charge in [-0.05, 0) is 24.1 Å². The molecule has 0 aliphatic heterocycles. The number of rotatable bonds is 3. The van der Waals surface area contributed by atoms with Crippen molar-refractivity contribution >= 4 is 34.9 Å². The van der Waals surface area contributed by atoms with E-state index in [0.717, 1.165) is 6.42 Å². The Morgan fingerprint density at radius 1 is 1.14 bits per heavy atom. The van der Waals surface area contributed by atoms with Crippen molar-refractivity contribution in [2.45, 2.75) is 18.4 Å². The number of amides is 2. The maximum absolute atomic E-state index is 12.0. The molecule has 0 heterocycles. The number of anilines is 1. The van der Waals surface area contributed by atoms with Gasteiger partial charge in [-0.3, -0.25) is 0 Å². The Morgan fingerprint density at radius 2 is 1.77 bits per heavy atom. The molecular weight excluding hydrogens is 323 g/mol. The van der Waals surface area contributed by atoms with Gasteiger partial charge in [-0.2, -0.15) is 0 Å². The first-order valence-electron chi connectivity index (χ1n) is 6.85. The molecule has 1 saturated carbocycles. The highest BCUT2D eigenvalue weighted by Crippen LogP contribution is 2.40. The highest BCUT2D eigenvalue weighted by molar-refractivity contribution is 6.37. The summed E-state index contributed by atoms with van der Waals surface area (Å²) in [6.45, 7) is 0. The molecule has 0 radical (unpaired) electrons. The minimum Gasteiger partial charge on any atom is -0.505 e. The maximum Gasteiger partial charge on any atom is 0.319 e. The number of benzene rings is 2. The molecule has 1 fully saturated rings. The van der Waals surface area contributed by atoms with Gasteiger partial charge >= 0.3 is 6.03 Å². The van der Waals surface area contributed by atoms with E-state index in [0.29, 0.717) is 11.6 Å². The van der Waals surface area contributed by atoms with Crippen molar-refractivity contribution in [1.29, 1.82) is 0 Å². The summed E-state index contributed by atoms with van der Waals surface area (Å²) in [6.07, 6.45) is 0.925. The van der Waals surface area contributed by atoms with Crippen molar-refractivity contribution in [2.24, 2.45) is 0 Å². The third kappa shape index (κ3) is 3.29. The van der Waals surface area contributed by atoms with Crippen LogP contribution in [0.25, 0.3) is 0 Å². The molecule has 0 spiro atoms. The Hall–Kier alpha value is -1.91. The molecule has 2 unspecified atom stereocenters. The van der Waals surface area contributed by atoms with Gasteiger partial charge in [0.1, 0.15) is 0 Å². The lowest BCUT2D eigenvalue weighted by Crippen LogP contribution is -2.31. The molecule has 22 heavy (non-hydrogen) atoms. The van der Waals surface area contributed by atoms with E-state index in [9.17, 15) is 9.90 Å². The summed E-state index contributed by atoms with van der Waals surface area (Å²) in [6, 6.07) is 12.8. The lowest BCUT2D eigenvalue weighted by Gasteiger charge is -2.09. The van der Waals surface area contributed by atoms with Gasteiger partial charge in [-0.1, -0.05) is 53.5 Å². The summed E-state index contributed by atoms with van der Waals surface area (Å²) < 4.78 is 0. The summed E-state index contributed by atoms with van der Waals surface area (Å²) in [4.78, 5) is 12.0. The van der Waals surface area contributed by atoms with Crippen LogP contribution in [0.2, 0.25) is 10.0 Å².